The monoisotopic (exact) mass is 251 g/mol. The molecule has 14 heavy (non-hydrogen) atoms. The summed E-state index contributed by atoms with van der Waals surface area (Å²) in [6.07, 6.45) is 3.70. The normalized spacial score (nSPS) is 10.4. The Morgan fingerprint density at radius 3 is 2.93 bits per heavy atom. The molecule has 0 aliphatic heterocycles. The van der Waals surface area contributed by atoms with Crippen molar-refractivity contribution in [1.29, 1.82) is 0 Å². The number of halogens is 1. The summed E-state index contributed by atoms with van der Waals surface area (Å²) in [5.74, 6) is 0.887. The lowest BCUT2D eigenvalue weighted by atomic mass is 10.3. The highest BCUT2D eigenvalue weighted by Gasteiger charge is 2.04. The largest absolute Gasteiger partial charge is 0.237 e. The van der Waals surface area contributed by atoms with Gasteiger partial charge in [-0.3, -0.25) is 0 Å². The Bertz CT molecular complexity index is 436. The van der Waals surface area contributed by atoms with Crippen LogP contribution in [0.1, 0.15) is 11.3 Å². The summed E-state index contributed by atoms with van der Waals surface area (Å²) in [5, 5.41) is 5.11. The van der Waals surface area contributed by atoms with Gasteiger partial charge in [-0.15, -0.1) is 0 Å². The second kappa shape index (κ2) is 3.92. The molecule has 0 spiro atoms. The van der Waals surface area contributed by atoms with Gasteiger partial charge in [0.2, 0.25) is 0 Å². The van der Waals surface area contributed by atoms with Gasteiger partial charge in [-0.05, 0) is 19.1 Å². The van der Waals surface area contributed by atoms with Crippen LogP contribution >= 0.6 is 15.9 Å². The summed E-state index contributed by atoms with van der Waals surface area (Å²) in [6.45, 7) is 1.97. The Kier molecular flexibility index (Phi) is 2.63. The first-order chi connectivity index (χ1) is 6.81. The maximum atomic E-state index is 4.32. The average Bonchev–Trinajstić information content (AvgIpc) is 2.65. The van der Waals surface area contributed by atoms with Gasteiger partial charge < -0.3 is 0 Å². The molecule has 0 atom stereocenters. The summed E-state index contributed by atoms with van der Waals surface area (Å²) in [4.78, 5) is 4.30. The lowest BCUT2D eigenvalue weighted by Gasteiger charge is -2.04. The van der Waals surface area contributed by atoms with Crippen LogP contribution in [0.4, 0.5) is 0 Å². The van der Waals surface area contributed by atoms with E-state index in [0.29, 0.717) is 0 Å². The Morgan fingerprint density at radius 2 is 2.29 bits per heavy atom. The number of alkyl halides is 1. The maximum Gasteiger partial charge on any atom is 0.157 e. The molecule has 0 amide bonds. The minimum absolute atomic E-state index is 0.787. The van der Waals surface area contributed by atoms with Crippen LogP contribution in [0.5, 0.6) is 0 Å². The number of aromatic nitrogens is 3. The Labute approximate surface area is 90.9 Å². The summed E-state index contributed by atoms with van der Waals surface area (Å²) < 4.78 is 1.80. The zero-order chi connectivity index (χ0) is 9.97. The molecule has 0 saturated carbocycles. The lowest BCUT2D eigenvalue weighted by Crippen LogP contribution is -2.01. The van der Waals surface area contributed by atoms with Crippen molar-refractivity contribution in [3.8, 4) is 5.82 Å². The fourth-order valence-corrected chi connectivity index (χ4v) is 1.71. The number of nitrogens with zero attached hydrogens (tertiary/aromatic N) is 3. The molecule has 0 aromatic carbocycles. The van der Waals surface area contributed by atoms with Gasteiger partial charge in [-0.2, -0.15) is 5.10 Å². The molecule has 2 rings (SSSR count). The molecular weight excluding hydrogens is 242 g/mol. The van der Waals surface area contributed by atoms with E-state index in [1.54, 1.807) is 10.9 Å². The summed E-state index contributed by atoms with van der Waals surface area (Å²) in [7, 11) is 0. The molecule has 2 aromatic heterocycles. The van der Waals surface area contributed by atoms with E-state index in [9.17, 15) is 0 Å². The number of hydrogen-bond acceptors (Lipinski definition) is 2. The molecule has 4 heteroatoms. The third-order valence-electron chi connectivity index (χ3n) is 1.95. The summed E-state index contributed by atoms with van der Waals surface area (Å²) >= 11 is 3.43. The lowest BCUT2D eigenvalue weighted by molar-refractivity contribution is 0.823. The van der Waals surface area contributed by atoms with Crippen LogP contribution in [-0.2, 0) is 5.33 Å². The van der Waals surface area contributed by atoms with E-state index in [-0.39, 0.29) is 0 Å². The van der Waals surface area contributed by atoms with E-state index in [4.69, 9.17) is 0 Å². The molecule has 0 bridgehead atoms. The Morgan fingerprint density at radius 1 is 1.43 bits per heavy atom. The van der Waals surface area contributed by atoms with Gasteiger partial charge in [0.1, 0.15) is 0 Å². The Hall–Kier alpha value is -1.16. The van der Waals surface area contributed by atoms with E-state index in [2.05, 4.69) is 26.0 Å². The van der Waals surface area contributed by atoms with Crippen LogP contribution < -0.4 is 0 Å². The molecule has 0 radical (unpaired) electrons. The third-order valence-corrected chi connectivity index (χ3v) is 2.56. The summed E-state index contributed by atoms with van der Waals surface area (Å²) in [5.41, 5.74) is 2.13. The highest BCUT2D eigenvalue weighted by Crippen LogP contribution is 2.13. The predicted molar refractivity (Wildman–Crippen MR) is 58.7 cm³/mol. The van der Waals surface area contributed by atoms with Gasteiger partial charge in [0.05, 0.1) is 5.69 Å². The van der Waals surface area contributed by atoms with Gasteiger partial charge in [-0.25, -0.2) is 9.67 Å². The molecule has 0 unspecified atom stereocenters. The van der Waals surface area contributed by atoms with Crippen molar-refractivity contribution in [2.75, 3.05) is 0 Å². The maximum absolute atomic E-state index is 4.32. The van der Waals surface area contributed by atoms with Gasteiger partial charge in [-0.1, -0.05) is 22.0 Å². The first-order valence-electron chi connectivity index (χ1n) is 4.34. The molecule has 0 aliphatic rings. The summed E-state index contributed by atoms with van der Waals surface area (Å²) in [6, 6.07) is 5.93. The number of aryl methyl sites for hydroxylation is 1. The quantitative estimate of drug-likeness (QED) is 0.768. The molecule has 0 N–H and O–H groups in total. The second-order valence-corrected chi connectivity index (χ2v) is 3.58. The van der Waals surface area contributed by atoms with E-state index in [0.717, 1.165) is 22.4 Å². The van der Waals surface area contributed by atoms with E-state index < -0.39 is 0 Å². The van der Waals surface area contributed by atoms with Crippen LogP contribution in [0, 0.1) is 6.92 Å². The van der Waals surface area contributed by atoms with Crippen LogP contribution in [0.25, 0.3) is 5.82 Å². The van der Waals surface area contributed by atoms with Crippen molar-refractivity contribution in [1.82, 2.24) is 14.8 Å². The number of rotatable bonds is 2. The van der Waals surface area contributed by atoms with E-state index >= 15 is 0 Å². The number of pyridine rings is 1. The van der Waals surface area contributed by atoms with Crippen LogP contribution in [0.2, 0.25) is 0 Å². The van der Waals surface area contributed by atoms with Crippen LogP contribution in [0.15, 0.2) is 30.6 Å². The van der Waals surface area contributed by atoms with E-state index in [1.165, 1.54) is 0 Å². The molecule has 72 valence electrons. The van der Waals surface area contributed by atoms with Crippen LogP contribution in [-0.4, -0.2) is 14.8 Å². The fraction of sp³-hybridized carbons (Fsp3) is 0.200. The zero-order valence-electron chi connectivity index (χ0n) is 7.81. The molecule has 0 aliphatic carbocycles. The smallest absolute Gasteiger partial charge is 0.157 e. The number of hydrogen-bond donors (Lipinski definition) is 0. The molecule has 0 saturated heterocycles. The van der Waals surface area contributed by atoms with Gasteiger partial charge in [0.25, 0.3) is 0 Å². The standard InChI is InChI=1S/C10H10BrN3/c1-8-4-6-14(13-8)10-9(7-11)3-2-5-12-10/h2-6H,7H2,1H3. The van der Waals surface area contributed by atoms with Crippen molar-refractivity contribution >= 4 is 15.9 Å². The molecule has 2 heterocycles. The highest BCUT2D eigenvalue weighted by molar-refractivity contribution is 9.08. The first kappa shape index (κ1) is 9.40. The fourth-order valence-electron chi connectivity index (χ4n) is 1.27. The van der Waals surface area contributed by atoms with E-state index in [1.807, 2.05) is 31.3 Å². The van der Waals surface area contributed by atoms with Gasteiger partial charge in [0.15, 0.2) is 5.82 Å². The van der Waals surface area contributed by atoms with Gasteiger partial charge in [0, 0.05) is 23.3 Å². The van der Waals surface area contributed by atoms with Crippen molar-refractivity contribution in [3.63, 3.8) is 0 Å². The zero-order valence-corrected chi connectivity index (χ0v) is 9.40. The molecule has 2 aromatic rings. The minimum atomic E-state index is 0.787. The molecular formula is C10H10BrN3. The van der Waals surface area contributed by atoms with Crippen LogP contribution in [0.3, 0.4) is 0 Å². The van der Waals surface area contributed by atoms with Crippen molar-refractivity contribution in [2.45, 2.75) is 12.3 Å². The van der Waals surface area contributed by atoms with Crippen molar-refractivity contribution in [3.05, 3.63) is 41.9 Å². The van der Waals surface area contributed by atoms with Crippen molar-refractivity contribution < 1.29 is 0 Å². The first-order valence-corrected chi connectivity index (χ1v) is 5.46. The minimum Gasteiger partial charge on any atom is -0.237 e. The molecule has 0 fully saturated rings. The second-order valence-electron chi connectivity index (χ2n) is 3.02. The molecule has 3 nitrogen and oxygen atoms in total. The SMILES string of the molecule is Cc1ccn(-c2ncccc2CBr)n1. The topological polar surface area (TPSA) is 30.7 Å². The van der Waals surface area contributed by atoms with Crippen molar-refractivity contribution in [2.24, 2.45) is 0 Å². The average molecular weight is 252 g/mol. The highest BCUT2D eigenvalue weighted by atomic mass is 79.9. The third kappa shape index (κ3) is 1.70. The predicted octanol–water partition coefficient (Wildman–Crippen LogP) is 2.47. The Balaban J connectivity index is 2.50. The van der Waals surface area contributed by atoms with Gasteiger partial charge >= 0.3 is 0 Å².